The molecule has 5 nitrogen and oxygen atoms in total. The number of nitriles is 1. The van der Waals surface area contributed by atoms with E-state index in [4.69, 9.17) is 0 Å². The van der Waals surface area contributed by atoms with E-state index in [2.05, 4.69) is 27.9 Å². The summed E-state index contributed by atoms with van der Waals surface area (Å²) in [6.45, 7) is 6.15. The molecule has 0 aliphatic heterocycles. The van der Waals surface area contributed by atoms with Gasteiger partial charge in [0.05, 0.1) is 11.8 Å². The van der Waals surface area contributed by atoms with E-state index >= 15 is 0 Å². The zero-order valence-electron chi connectivity index (χ0n) is 12.8. The Bertz CT molecular complexity index is 538. The van der Waals surface area contributed by atoms with Crippen molar-refractivity contribution in [1.29, 1.82) is 5.26 Å². The maximum absolute atomic E-state index is 12.5. The highest BCUT2D eigenvalue weighted by Gasteiger charge is 2.37. The van der Waals surface area contributed by atoms with Crippen LogP contribution in [0, 0.1) is 17.2 Å². The van der Waals surface area contributed by atoms with Gasteiger partial charge in [-0.05, 0) is 49.1 Å². The third-order valence-electron chi connectivity index (χ3n) is 4.37. The summed E-state index contributed by atoms with van der Waals surface area (Å²) in [5.41, 5.74) is -0.00565. The van der Waals surface area contributed by atoms with E-state index in [1.54, 1.807) is 0 Å². The number of hydrogen-bond acceptors (Lipinski definition) is 5. The fourth-order valence-electron chi connectivity index (χ4n) is 2.85. The maximum atomic E-state index is 12.5. The van der Waals surface area contributed by atoms with Crippen molar-refractivity contribution in [3.63, 3.8) is 0 Å². The molecule has 1 aliphatic carbocycles. The average Bonchev–Trinajstić information content (AvgIpc) is 2.98. The SMILES string of the molecule is CCC1CCC(C#N)(NC(=O)c2snnc2C(C)C)CC1. The molecule has 1 aromatic heterocycles. The van der Waals surface area contributed by atoms with E-state index in [9.17, 15) is 10.1 Å². The Hall–Kier alpha value is -1.48. The van der Waals surface area contributed by atoms with Gasteiger partial charge in [-0.3, -0.25) is 4.79 Å². The van der Waals surface area contributed by atoms with Gasteiger partial charge in [0, 0.05) is 0 Å². The van der Waals surface area contributed by atoms with Crippen molar-refractivity contribution < 1.29 is 4.79 Å². The van der Waals surface area contributed by atoms with Crippen molar-refractivity contribution in [2.45, 2.75) is 64.3 Å². The number of rotatable bonds is 4. The third kappa shape index (κ3) is 3.41. The zero-order valence-corrected chi connectivity index (χ0v) is 13.7. The van der Waals surface area contributed by atoms with Crippen molar-refractivity contribution >= 4 is 17.4 Å². The number of carbonyl (C=O) groups excluding carboxylic acids is 1. The molecular formula is C15H22N4OS. The molecule has 0 unspecified atom stereocenters. The average molecular weight is 306 g/mol. The minimum Gasteiger partial charge on any atom is -0.333 e. The van der Waals surface area contributed by atoms with E-state index in [0.717, 1.165) is 43.6 Å². The van der Waals surface area contributed by atoms with Gasteiger partial charge in [-0.1, -0.05) is 31.7 Å². The molecule has 0 saturated heterocycles. The minimum absolute atomic E-state index is 0.151. The van der Waals surface area contributed by atoms with Gasteiger partial charge in [0.25, 0.3) is 5.91 Å². The summed E-state index contributed by atoms with van der Waals surface area (Å²) >= 11 is 1.11. The van der Waals surface area contributed by atoms with Gasteiger partial charge < -0.3 is 5.32 Å². The Balaban J connectivity index is 2.11. The van der Waals surface area contributed by atoms with Crippen LogP contribution in [0.5, 0.6) is 0 Å². The molecule has 1 aliphatic rings. The molecule has 0 atom stereocenters. The monoisotopic (exact) mass is 306 g/mol. The van der Waals surface area contributed by atoms with Crippen LogP contribution in [0.1, 0.15) is 74.2 Å². The van der Waals surface area contributed by atoms with Gasteiger partial charge >= 0.3 is 0 Å². The molecule has 114 valence electrons. The summed E-state index contributed by atoms with van der Waals surface area (Å²) in [7, 11) is 0. The van der Waals surface area contributed by atoms with Crippen LogP contribution in [0.25, 0.3) is 0 Å². The maximum Gasteiger partial charge on any atom is 0.266 e. The minimum atomic E-state index is -0.721. The molecule has 1 saturated carbocycles. The number of carbonyl (C=O) groups is 1. The molecule has 21 heavy (non-hydrogen) atoms. The Morgan fingerprint density at radius 2 is 2.19 bits per heavy atom. The molecule has 6 heteroatoms. The lowest BCUT2D eigenvalue weighted by atomic mass is 9.76. The highest BCUT2D eigenvalue weighted by atomic mass is 32.1. The second kappa shape index (κ2) is 6.52. The Morgan fingerprint density at radius 1 is 1.52 bits per heavy atom. The normalized spacial score (nSPS) is 25.6. The Kier molecular flexibility index (Phi) is 4.94. The Labute approximate surface area is 129 Å². The number of aromatic nitrogens is 2. The van der Waals surface area contributed by atoms with E-state index in [-0.39, 0.29) is 11.8 Å². The zero-order chi connectivity index (χ0) is 15.5. The molecule has 2 rings (SSSR count). The summed E-state index contributed by atoms with van der Waals surface area (Å²) in [4.78, 5) is 13.0. The number of nitrogens with zero attached hydrogens (tertiary/aromatic N) is 3. The summed E-state index contributed by atoms with van der Waals surface area (Å²) in [5, 5.41) is 16.5. The summed E-state index contributed by atoms with van der Waals surface area (Å²) in [6, 6.07) is 2.34. The highest BCUT2D eigenvalue weighted by Crippen LogP contribution is 2.34. The van der Waals surface area contributed by atoms with Gasteiger partial charge in [0.15, 0.2) is 0 Å². The topological polar surface area (TPSA) is 78.7 Å². The van der Waals surface area contributed by atoms with E-state index < -0.39 is 5.54 Å². The van der Waals surface area contributed by atoms with Crippen LogP contribution in [0.3, 0.4) is 0 Å². The smallest absolute Gasteiger partial charge is 0.266 e. The highest BCUT2D eigenvalue weighted by molar-refractivity contribution is 7.08. The first kappa shape index (κ1) is 15.9. The van der Waals surface area contributed by atoms with Crippen LogP contribution >= 0.6 is 11.5 Å². The summed E-state index contributed by atoms with van der Waals surface area (Å²) in [6.07, 6.45) is 4.62. The van der Waals surface area contributed by atoms with Gasteiger partial charge in [-0.2, -0.15) is 5.26 Å². The van der Waals surface area contributed by atoms with Gasteiger partial charge in [-0.15, -0.1) is 5.10 Å². The molecule has 0 aromatic carbocycles. The first-order chi connectivity index (χ1) is 10.0. The van der Waals surface area contributed by atoms with Crippen LogP contribution in [0.15, 0.2) is 0 Å². The predicted molar refractivity (Wildman–Crippen MR) is 82.1 cm³/mol. The van der Waals surface area contributed by atoms with Crippen LogP contribution in [-0.4, -0.2) is 21.0 Å². The van der Waals surface area contributed by atoms with Crippen molar-refractivity contribution in [2.75, 3.05) is 0 Å². The fourth-order valence-corrected chi connectivity index (χ4v) is 3.56. The second-order valence-corrected chi connectivity index (χ2v) is 6.90. The Morgan fingerprint density at radius 3 is 2.71 bits per heavy atom. The lowest BCUT2D eigenvalue weighted by Gasteiger charge is -2.35. The van der Waals surface area contributed by atoms with Gasteiger partial charge in [0.2, 0.25) is 0 Å². The summed E-state index contributed by atoms with van der Waals surface area (Å²) < 4.78 is 3.88. The predicted octanol–water partition coefficient (Wildman–Crippen LogP) is 3.25. The largest absolute Gasteiger partial charge is 0.333 e. The molecule has 0 bridgehead atoms. The van der Waals surface area contributed by atoms with E-state index in [0.29, 0.717) is 16.5 Å². The first-order valence-electron chi connectivity index (χ1n) is 7.57. The second-order valence-electron chi connectivity index (χ2n) is 6.14. The molecule has 1 amide bonds. The number of amides is 1. The number of hydrogen-bond donors (Lipinski definition) is 1. The molecule has 1 heterocycles. The van der Waals surface area contributed by atoms with Crippen LogP contribution in [0.2, 0.25) is 0 Å². The first-order valence-corrected chi connectivity index (χ1v) is 8.34. The lowest BCUT2D eigenvalue weighted by molar-refractivity contribution is 0.0894. The molecule has 0 radical (unpaired) electrons. The third-order valence-corrected chi connectivity index (χ3v) is 5.11. The molecule has 0 spiro atoms. The molecular weight excluding hydrogens is 284 g/mol. The lowest BCUT2D eigenvalue weighted by Crippen LogP contribution is -2.49. The van der Waals surface area contributed by atoms with Gasteiger partial charge in [0.1, 0.15) is 10.4 Å². The van der Waals surface area contributed by atoms with Crippen molar-refractivity contribution in [2.24, 2.45) is 5.92 Å². The summed E-state index contributed by atoms with van der Waals surface area (Å²) in [5.74, 6) is 0.628. The standard InChI is InChI=1S/C15H22N4OS/c1-4-11-5-7-15(9-16,8-6-11)17-14(20)13-12(10(2)3)18-19-21-13/h10-11H,4-8H2,1-3H3,(H,17,20). The van der Waals surface area contributed by atoms with Crippen LogP contribution in [0.4, 0.5) is 0 Å². The molecule has 1 fully saturated rings. The van der Waals surface area contributed by atoms with E-state index in [1.807, 2.05) is 13.8 Å². The van der Waals surface area contributed by atoms with Crippen LogP contribution < -0.4 is 5.32 Å². The van der Waals surface area contributed by atoms with E-state index in [1.165, 1.54) is 0 Å². The quantitative estimate of drug-likeness (QED) is 0.926. The molecule has 1 aromatic rings. The fraction of sp³-hybridized carbons (Fsp3) is 0.733. The van der Waals surface area contributed by atoms with Crippen LogP contribution in [-0.2, 0) is 0 Å². The van der Waals surface area contributed by atoms with Crippen molar-refractivity contribution in [3.05, 3.63) is 10.6 Å². The molecule has 1 N–H and O–H groups in total. The van der Waals surface area contributed by atoms with Crippen molar-refractivity contribution in [1.82, 2.24) is 14.9 Å². The van der Waals surface area contributed by atoms with Gasteiger partial charge in [-0.25, -0.2) is 0 Å². The van der Waals surface area contributed by atoms with Crippen molar-refractivity contribution in [3.8, 4) is 6.07 Å². The number of nitrogens with one attached hydrogen (secondary N) is 1.